The van der Waals surface area contributed by atoms with Crippen molar-refractivity contribution in [3.05, 3.63) is 53.8 Å². The van der Waals surface area contributed by atoms with Crippen LogP contribution in [0.25, 0.3) is 11.1 Å². The third-order valence-corrected chi connectivity index (χ3v) is 10.8. The van der Waals surface area contributed by atoms with Crippen LogP contribution in [0.15, 0.2) is 41.1 Å². The summed E-state index contributed by atoms with van der Waals surface area (Å²) in [6.45, 7) is 5.51. The number of halogens is 1. The van der Waals surface area contributed by atoms with Gasteiger partial charge in [0, 0.05) is 71.5 Å². The number of hydrogen-bond donors (Lipinski definition) is 4. The van der Waals surface area contributed by atoms with E-state index in [0.29, 0.717) is 99.0 Å². The number of fused-ring (bicyclic) bond motifs is 1. The molecule has 4 aliphatic heterocycles. The second-order valence-electron chi connectivity index (χ2n) is 14.5. The molecule has 57 heavy (non-hydrogen) atoms. The monoisotopic (exact) mass is 779 g/mol. The van der Waals surface area contributed by atoms with Crippen LogP contribution in [-0.2, 0) is 9.59 Å². The van der Waals surface area contributed by atoms with Crippen LogP contribution in [0, 0.1) is 17.7 Å². The fraction of sp³-hybridized carbons (Fsp3) is 0.421. The van der Waals surface area contributed by atoms with E-state index in [-0.39, 0.29) is 47.8 Å². The molecule has 2 aromatic heterocycles. The lowest BCUT2D eigenvalue weighted by Crippen LogP contribution is -2.49. The van der Waals surface area contributed by atoms with Crippen molar-refractivity contribution in [1.29, 1.82) is 0 Å². The van der Waals surface area contributed by atoms with Crippen LogP contribution in [-0.4, -0.2) is 137 Å². The standard InChI is InChI=1S/C38H42FN13O5/c1-48-14-19-52(38(48)56)25-5-3-13-51(21-25)37-45-35(32(34(40)54)46-47-37)42-24-7-10-29(26(39)20-24)50-17-15-49(16-18-50)12-2-4-23-6-8-27(33-31(23)41-22-57-33)43-28-9-11-30(53)44-36(28)55/h6-8,10,20,22,25,28,43H,3,5,9,11-19,21H2,1H3,(H2,40,54)(H,42,45,47)(H,44,53,55)/t25-,28?/m1/s1. The van der Waals surface area contributed by atoms with Crippen LogP contribution < -0.4 is 31.5 Å². The Balaban J connectivity index is 0.875. The van der Waals surface area contributed by atoms with E-state index in [0.717, 1.165) is 12.8 Å². The summed E-state index contributed by atoms with van der Waals surface area (Å²) >= 11 is 0. The first-order chi connectivity index (χ1) is 27.6. The molecule has 6 heterocycles. The first-order valence-corrected chi connectivity index (χ1v) is 18.9. The lowest BCUT2D eigenvalue weighted by atomic mass is 10.0. The smallest absolute Gasteiger partial charge is 0.320 e. The number of urea groups is 1. The maximum absolute atomic E-state index is 15.6. The number of piperidine rings is 2. The Hall–Kier alpha value is -6.55. The highest BCUT2D eigenvalue weighted by Gasteiger charge is 2.35. The summed E-state index contributed by atoms with van der Waals surface area (Å²) in [5, 5.41) is 16.8. The van der Waals surface area contributed by atoms with Crippen LogP contribution in [0.1, 0.15) is 41.7 Å². The summed E-state index contributed by atoms with van der Waals surface area (Å²) in [7, 11) is 1.79. The number of nitrogens with one attached hydrogen (secondary N) is 3. The van der Waals surface area contributed by atoms with Crippen LogP contribution in [0.3, 0.4) is 0 Å². The summed E-state index contributed by atoms with van der Waals surface area (Å²) in [6, 6.07) is 7.81. The van der Waals surface area contributed by atoms with Gasteiger partial charge in [0.15, 0.2) is 23.5 Å². The first-order valence-electron chi connectivity index (χ1n) is 18.9. The average Bonchev–Trinajstić information content (AvgIpc) is 3.84. The van der Waals surface area contributed by atoms with Gasteiger partial charge in [-0.2, -0.15) is 4.98 Å². The molecule has 2 atom stereocenters. The Bertz CT molecular complexity index is 2280. The molecule has 2 aromatic carbocycles. The highest BCUT2D eigenvalue weighted by molar-refractivity contribution is 6.02. The van der Waals surface area contributed by atoms with Gasteiger partial charge in [-0.15, -0.1) is 10.2 Å². The van der Waals surface area contributed by atoms with Crippen molar-refractivity contribution >= 4 is 63.7 Å². The normalized spacial score (nSPS) is 20.4. The van der Waals surface area contributed by atoms with Crippen molar-refractivity contribution in [3.8, 4) is 11.8 Å². The molecule has 4 aromatic rings. The zero-order chi connectivity index (χ0) is 39.6. The number of piperazine rings is 1. The molecule has 0 radical (unpaired) electrons. The molecule has 19 heteroatoms. The van der Waals surface area contributed by atoms with Crippen LogP contribution in [0.2, 0.25) is 0 Å². The van der Waals surface area contributed by atoms with Crippen molar-refractivity contribution in [1.82, 2.24) is 40.2 Å². The number of nitrogens with two attached hydrogens (primary N) is 1. The molecule has 0 spiro atoms. The van der Waals surface area contributed by atoms with Gasteiger partial charge in [0.25, 0.3) is 5.91 Å². The molecular weight excluding hydrogens is 738 g/mol. The molecule has 1 unspecified atom stereocenters. The van der Waals surface area contributed by atoms with Gasteiger partial charge in [0.05, 0.1) is 29.5 Å². The number of carbonyl (C=O) groups is 4. The molecule has 18 nitrogen and oxygen atoms in total. The van der Waals surface area contributed by atoms with Gasteiger partial charge in [-0.1, -0.05) is 11.8 Å². The van der Waals surface area contributed by atoms with E-state index in [1.807, 2.05) is 20.8 Å². The topological polar surface area (TPSA) is 211 Å². The van der Waals surface area contributed by atoms with Gasteiger partial charge in [-0.05, 0) is 49.6 Å². The quantitative estimate of drug-likeness (QED) is 0.141. The number of aromatic nitrogens is 4. The Kier molecular flexibility index (Phi) is 10.4. The molecule has 4 fully saturated rings. The molecule has 0 aliphatic carbocycles. The van der Waals surface area contributed by atoms with Gasteiger partial charge >= 0.3 is 6.03 Å². The lowest BCUT2D eigenvalue weighted by Gasteiger charge is -2.37. The molecule has 4 saturated heterocycles. The van der Waals surface area contributed by atoms with Gasteiger partial charge in [0.2, 0.25) is 17.8 Å². The summed E-state index contributed by atoms with van der Waals surface area (Å²) in [6.07, 6.45) is 3.66. The first kappa shape index (κ1) is 37.4. The van der Waals surface area contributed by atoms with Gasteiger partial charge < -0.3 is 40.4 Å². The number of nitrogens with zero attached hydrogens (tertiary/aromatic N) is 9. The largest absolute Gasteiger partial charge is 0.441 e. The fourth-order valence-corrected chi connectivity index (χ4v) is 7.66. The second-order valence-corrected chi connectivity index (χ2v) is 14.5. The fourth-order valence-electron chi connectivity index (χ4n) is 7.66. The van der Waals surface area contributed by atoms with E-state index < -0.39 is 17.8 Å². The van der Waals surface area contributed by atoms with E-state index in [4.69, 9.17) is 10.2 Å². The number of hydrogen-bond acceptors (Lipinski definition) is 14. The lowest BCUT2D eigenvalue weighted by molar-refractivity contribution is -0.133. The van der Waals surface area contributed by atoms with Crippen molar-refractivity contribution in [2.75, 3.05) is 86.4 Å². The highest BCUT2D eigenvalue weighted by Crippen LogP contribution is 2.29. The number of rotatable bonds is 9. The van der Waals surface area contributed by atoms with E-state index in [2.05, 4.69) is 52.9 Å². The number of imide groups is 1. The number of amides is 5. The SMILES string of the molecule is CN1CCN([C@@H]2CCCN(c3nnc(C(N)=O)c(Nc4ccc(N5CCN(CC#Cc6ccc(NC7CCC(=O)NC7=O)c7ocnc67)CC5)c(F)c4)n3)C2)C1=O. The summed E-state index contributed by atoms with van der Waals surface area (Å²) in [5.41, 5.74) is 8.57. The van der Waals surface area contributed by atoms with Crippen molar-refractivity contribution in [2.24, 2.45) is 5.73 Å². The van der Waals surface area contributed by atoms with Crippen molar-refractivity contribution in [2.45, 2.75) is 37.8 Å². The van der Waals surface area contributed by atoms with E-state index in [9.17, 15) is 19.2 Å². The Labute approximate surface area is 326 Å². The molecule has 5 amide bonds. The van der Waals surface area contributed by atoms with Crippen LogP contribution in [0.4, 0.5) is 38.0 Å². The molecule has 296 valence electrons. The predicted octanol–water partition coefficient (Wildman–Crippen LogP) is 1.72. The minimum Gasteiger partial charge on any atom is -0.441 e. The minimum absolute atomic E-state index is 0.00256. The number of primary amides is 1. The number of benzene rings is 2. The maximum atomic E-state index is 15.6. The Morgan fingerprint density at radius 3 is 2.63 bits per heavy atom. The second kappa shape index (κ2) is 15.9. The summed E-state index contributed by atoms with van der Waals surface area (Å²) in [5.74, 6) is 4.84. The number of anilines is 5. The Morgan fingerprint density at radius 2 is 1.88 bits per heavy atom. The summed E-state index contributed by atoms with van der Waals surface area (Å²) < 4.78 is 21.3. The van der Waals surface area contributed by atoms with Crippen LogP contribution >= 0.6 is 0 Å². The van der Waals surface area contributed by atoms with Gasteiger partial charge in [-0.25, -0.2) is 14.2 Å². The van der Waals surface area contributed by atoms with Crippen molar-refractivity contribution < 1.29 is 28.0 Å². The number of carbonyl (C=O) groups excluding carboxylic acids is 4. The average molecular weight is 780 g/mol. The van der Waals surface area contributed by atoms with Crippen molar-refractivity contribution in [3.63, 3.8) is 0 Å². The minimum atomic E-state index is -0.824. The van der Waals surface area contributed by atoms with E-state index in [1.54, 1.807) is 30.1 Å². The Morgan fingerprint density at radius 1 is 1.04 bits per heavy atom. The summed E-state index contributed by atoms with van der Waals surface area (Å²) in [4.78, 5) is 67.3. The third-order valence-electron chi connectivity index (χ3n) is 10.8. The predicted molar refractivity (Wildman–Crippen MR) is 207 cm³/mol. The molecule has 5 N–H and O–H groups in total. The van der Waals surface area contributed by atoms with Gasteiger partial charge in [0.1, 0.15) is 17.4 Å². The molecule has 4 aliphatic rings. The molecular formula is C38H42FN13O5. The zero-order valence-electron chi connectivity index (χ0n) is 31.3. The maximum Gasteiger partial charge on any atom is 0.320 e. The van der Waals surface area contributed by atoms with E-state index >= 15 is 4.39 Å². The molecule has 0 bridgehead atoms. The third kappa shape index (κ3) is 7.94. The van der Waals surface area contributed by atoms with Crippen LogP contribution in [0.5, 0.6) is 0 Å². The highest BCUT2D eigenvalue weighted by atomic mass is 19.1. The number of oxazole rings is 1. The zero-order valence-corrected chi connectivity index (χ0v) is 31.3. The van der Waals surface area contributed by atoms with Gasteiger partial charge in [-0.3, -0.25) is 24.6 Å². The number of likely N-dealkylation sites (N-methyl/N-ethyl adjacent to an activating group) is 1. The molecule has 0 saturated carbocycles. The van der Waals surface area contributed by atoms with E-state index in [1.165, 1.54) is 12.5 Å². The molecule has 8 rings (SSSR count).